The first-order valence-electron chi connectivity index (χ1n) is 8.29. The lowest BCUT2D eigenvalue weighted by Crippen LogP contribution is -2.64. The normalized spacial score (nSPS) is 31.7. The summed E-state index contributed by atoms with van der Waals surface area (Å²) in [5.41, 5.74) is 0.351. The van der Waals surface area contributed by atoms with Crippen LogP contribution in [-0.4, -0.2) is 49.3 Å². The fourth-order valence-electron chi connectivity index (χ4n) is 3.65. The average Bonchev–Trinajstić information content (AvgIpc) is 2.94. The molecule has 0 bridgehead atoms. The highest BCUT2D eigenvalue weighted by molar-refractivity contribution is 4.97. The van der Waals surface area contributed by atoms with Gasteiger partial charge in [0.05, 0.1) is 6.61 Å². The van der Waals surface area contributed by atoms with E-state index in [0.717, 1.165) is 25.2 Å². The number of hydrogen-bond acceptors (Lipinski definition) is 3. The second-order valence-corrected chi connectivity index (χ2v) is 6.47. The quantitative estimate of drug-likeness (QED) is 0.801. The van der Waals surface area contributed by atoms with Crippen LogP contribution in [0.2, 0.25) is 0 Å². The summed E-state index contributed by atoms with van der Waals surface area (Å²) < 4.78 is 5.56. The van der Waals surface area contributed by atoms with Gasteiger partial charge >= 0.3 is 0 Å². The topological polar surface area (TPSA) is 24.5 Å². The van der Waals surface area contributed by atoms with E-state index in [0.29, 0.717) is 5.54 Å². The van der Waals surface area contributed by atoms with Gasteiger partial charge in [0.25, 0.3) is 0 Å². The number of ether oxygens (including phenoxy) is 1. The molecule has 0 aliphatic carbocycles. The Balaban J connectivity index is 1.98. The third kappa shape index (κ3) is 3.71. The van der Waals surface area contributed by atoms with Crippen molar-refractivity contribution >= 4 is 0 Å². The van der Waals surface area contributed by atoms with Crippen LogP contribution in [0.15, 0.2) is 0 Å². The Bertz CT molecular complexity index is 259. The smallest absolute Gasteiger partial charge is 0.0507 e. The minimum absolute atomic E-state index is 0.351. The largest absolute Gasteiger partial charge is 0.381 e. The van der Waals surface area contributed by atoms with E-state index >= 15 is 0 Å². The first kappa shape index (κ1) is 15.3. The Kier molecular flexibility index (Phi) is 5.67. The SMILES string of the molecule is CCCC1CNC(CC)(CC)CN1CC1CCOC1. The standard InChI is InChI=1S/C16H32N2O/c1-4-7-15-10-17-16(5-2,6-3)13-18(15)11-14-8-9-19-12-14/h14-15,17H,4-13H2,1-3H3. The number of piperazine rings is 1. The summed E-state index contributed by atoms with van der Waals surface area (Å²) in [4.78, 5) is 2.77. The van der Waals surface area contributed by atoms with Gasteiger partial charge in [0.15, 0.2) is 0 Å². The van der Waals surface area contributed by atoms with Gasteiger partial charge in [-0.15, -0.1) is 0 Å². The minimum Gasteiger partial charge on any atom is -0.381 e. The summed E-state index contributed by atoms with van der Waals surface area (Å²) in [6.07, 6.45) is 6.34. The molecular weight excluding hydrogens is 236 g/mol. The van der Waals surface area contributed by atoms with Gasteiger partial charge in [0.1, 0.15) is 0 Å². The predicted octanol–water partition coefficient (Wildman–Crippen LogP) is 2.66. The monoisotopic (exact) mass is 268 g/mol. The molecule has 1 N–H and O–H groups in total. The van der Waals surface area contributed by atoms with E-state index < -0.39 is 0 Å². The lowest BCUT2D eigenvalue weighted by molar-refractivity contribution is 0.0522. The summed E-state index contributed by atoms with van der Waals surface area (Å²) in [7, 11) is 0. The van der Waals surface area contributed by atoms with Gasteiger partial charge in [-0.25, -0.2) is 0 Å². The van der Waals surface area contributed by atoms with Crippen LogP contribution in [-0.2, 0) is 4.74 Å². The van der Waals surface area contributed by atoms with Gasteiger partial charge < -0.3 is 10.1 Å². The van der Waals surface area contributed by atoms with Crippen LogP contribution in [0.4, 0.5) is 0 Å². The predicted molar refractivity (Wildman–Crippen MR) is 80.5 cm³/mol. The lowest BCUT2D eigenvalue weighted by atomic mass is 9.87. The molecule has 0 saturated carbocycles. The average molecular weight is 268 g/mol. The fourth-order valence-corrected chi connectivity index (χ4v) is 3.65. The molecule has 0 radical (unpaired) electrons. The van der Waals surface area contributed by atoms with Crippen molar-refractivity contribution in [2.24, 2.45) is 5.92 Å². The van der Waals surface area contributed by atoms with Crippen molar-refractivity contribution in [2.45, 2.75) is 64.5 Å². The molecule has 19 heavy (non-hydrogen) atoms. The van der Waals surface area contributed by atoms with E-state index in [2.05, 4.69) is 31.0 Å². The van der Waals surface area contributed by atoms with Crippen LogP contribution >= 0.6 is 0 Å². The zero-order chi connectivity index (χ0) is 13.7. The summed E-state index contributed by atoms with van der Waals surface area (Å²) >= 11 is 0. The zero-order valence-corrected chi connectivity index (χ0v) is 13.1. The summed E-state index contributed by atoms with van der Waals surface area (Å²) in [6.45, 7) is 12.5. The van der Waals surface area contributed by atoms with Crippen molar-refractivity contribution < 1.29 is 4.74 Å². The number of rotatable bonds is 6. The number of hydrogen-bond donors (Lipinski definition) is 1. The molecule has 0 aromatic carbocycles. The minimum atomic E-state index is 0.351. The van der Waals surface area contributed by atoms with Gasteiger partial charge in [-0.1, -0.05) is 27.2 Å². The molecule has 3 heteroatoms. The zero-order valence-electron chi connectivity index (χ0n) is 13.1. The van der Waals surface area contributed by atoms with E-state index in [1.54, 1.807) is 0 Å². The number of nitrogens with zero attached hydrogens (tertiary/aromatic N) is 1. The highest BCUT2D eigenvalue weighted by Gasteiger charge is 2.37. The summed E-state index contributed by atoms with van der Waals surface area (Å²) in [6, 6.07) is 0.733. The maximum Gasteiger partial charge on any atom is 0.0507 e. The molecule has 2 saturated heterocycles. The van der Waals surface area contributed by atoms with Crippen LogP contribution in [0, 0.1) is 5.92 Å². The molecular formula is C16H32N2O. The molecule has 0 amide bonds. The molecule has 2 aliphatic rings. The Labute approximate surface area is 119 Å². The Hall–Kier alpha value is -0.120. The Morgan fingerprint density at radius 3 is 2.63 bits per heavy atom. The Morgan fingerprint density at radius 2 is 2.05 bits per heavy atom. The van der Waals surface area contributed by atoms with Crippen molar-refractivity contribution in [1.82, 2.24) is 10.2 Å². The molecule has 2 heterocycles. The Morgan fingerprint density at radius 1 is 1.26 bits per heavy atom. The maximum absolute atomic E-state index is 5.56. The van der Waals surface area contributed by atoms with Crippen molar-refractivity contribution in [1.29, 1.82) is 0 Å². The maximum atomic E-state index is 5.56. The molecule has 3 nitrogen and oxygen atoms in total. The second-order valence-electron chi connectivity index (χ2n) is 6.47. The molecule has 2 aliphatic heterocycles. The third-order valence-corrected chi connectivity index (χ3v) is 5.23. The molecule has 0 aromatic rings. The summed E-state index contributed by atoms with van der Waals surface area (Å²) in [5, 5.41) is 3.85. The molecule has 0 aromatic heterocycles. The van der Waals surface area contributed by atoms with Crippen molar-refractivity contribution in [2.75, 3.05) is 32.8 Å². The van der Waals surface area contributed by atoms with Crippen LogP contribution in [0.1, 0.15) is 52.9 Å². The molecule has 2 atom stereocenters. The van der Waals surface area contributed by atoms with Crippen LogP contribution in [0.5, 0.6) is 0 Å². The third-order valence-electron chi connectivity index (χ3n) is 5.23. The molecule has 2 rings (SSSR count). The fraction of sp³-hybridized carbons (Fsp3) is 1.00. The van der Waals surface area contributed by atoms with Crippen LogP contribution in [0.3, 0.4) is 0 Å². The molecule has 112 valence electrons. The van der Waals surface area contributed by atoms with E-state index in [-0.39, 0.29) is 0 Å². The highest BCUT2D eigenvalue weighted by Crippen LogP contribution is 2.26. The van der Waals surface area contributed by atoms with Gasteiger partial charge in [0, 0.05) is 37.8 Å². The van der Waals surface area contributed by atoms with E-state index in [4.69, 9.17) is 4.74 Å². The first-order valence-corrected chi connectivity index (χ1v) is 8.29. The molecule has 2 fully saturated rings. The van der Waals surface area contributed by atoms with E-state index in [9.17, 15) is 0 Å². The van der Waals surface area contributed by atoms with Crippen molar-refractivity contribution in [3.63, 3.8) is 0 Å². The molecule has 2 unspecified atom stereocenters. The lowest BCUT2D eigenvalue weighted by Gasteiger charge is -2.48. The van der Waals surface area contributed by atoms with Crippen LogP contribution in [0.25, 0.3) is 0 Å². The van der Waals surface area contributed by atoms with Gasteiger partial charge in [-0.3, -0.25) is 4.90 Å². The highest BCUT2D eigenvalue weighted by atomic mass is 16.5. The molecule has 0 spiro atoms. The van der Waals surface area contributed by atoms with Crippen LogP contribution < -0.4 is 5.32 Å². The second kappa shape index (κ2) is 7.05. The van der Waals surface area contributed by atoms with E-state index in [1.165, 1.54) is 51.7 Å². The van der Waals surface area contributed by atoms with Crippen molar-refractivity contribution in [3.05, 3.63) is 0 Å². The first-order chi connectivity index (χ1) is 9.23. The van der Waals surface area contributed by atoms with E-state index in [1.807, 2.05) is 0 Å². The van der Waals surface area contributed by atoms with Gasteiger partial charge in [0.2, 0.25) is 0 Å². The van der Waals surface area contributed by atoms with Gasteiger partial charge in [-0.2, -0.15) is 0 Å². The number of nitrogens with one attached hydrogen (secondary N) is 1. The summed E-state index contributed by atoms with van der Waals surface area (Å²) in [5.74, 6) is 0.767. The van der Waals surface area contributed by atoms with Crippen molar-refractivity contribution in [3.8, 4) is 0 Å². The van der Waals surface area contributed by atoms with Gasteiger partial charge in [-0.05, 0) is 31.6 Å².